The quantitative estimate of drug-likeness (QED) is 0.545. The fourth-order valence-corrected chi connectivity index (χ4v) is 2.97. The molecule has 0 N–H and O–H groups in total. The molecule has 1 nitrogen and oxygen atoms in total. The third-order valence-corrected chi connectivity index (χ3v) is 3.84. The van der Waals surface area contributed by atoms with Gasteiger partial charge in [0.25, 0.3) is 0 Å². The normalized spacial score (nSPS) is 38.2. The van der Waals surface area contributed by atoms with Gasteiger partial charge in [0.1, 0.15) is 0 Å². The second kappa shape index (κ2) is 2.48. The van der Waals surface area contributed by atoms with Crippen LogP contribution in [0.1, 0.15) is 19.8 Å². The second-order valence-electron chi connectivity index (χ2n) is 4.88. The van der Waals surface area contributed by atoms with E-state index in [1.807, 2.05) is 0 Å². The highest BCUT2D eigenvalue weighted by Gasteiger charge is 2.44. The van der Waals surface area contributed by atoms with Crippen molar-refractivity contribution < 1.29 is 0 Å². The molecule has 1 aliphatic heterocycles. The van der Waals surface area contributed by atoms with Gasteiger partial charge in [-0.25, -0.2) is 0 Å². The van der Waals surface area contributed by atoms with Crippen LogP contribution in [0.2, 0.25) is 0 Å². The summed E-state index contributed by atoms with van der Waals surface area (Å²) in [7, 11) is 2.23. The van der Waals surface area contributed by atoms with Crippen molar-refractivity contribution in [3.05, 3.63) is 22.8 Å². The number of allylic oxidation sites excluding steroid dienone is 1. The minimum atomic E-state index is 0.946. The van der Waals surface area contributed by atoms with Crippen molar-refractivity contribution in [3.8, 4) is 0 Å². The van der Waals surface area contributed by atoms with Crippen LogP contribution in [-0.4, -0.2) is 25.0 Å². The van der Waals surface area contributed by atoms with Crippen molar-refractivity contribution in [2.24, 2.45) is 11.8 Å². The van der Waals surface area contributed by atoms with Crippen molar-refractivity contribution >= 4 is 0 Å². The van der Waals surface area contributed by atoms with Gasteiger partial charge in [-0.05, 0) is 44.2 Å². The lowest BCUT2D eigenvalue weighted by atomic mass is 9.88. The molecule has 3 aliphatic rings. The Balaban J connectivity index is 1.98. The van der Waals surface area contributed by atoms with Crippen molar-refractivity contribution in [3.63, 3.8) is 0 Å². The molecule has 1 saturated carbocycles. The summed E-state index contributed by atoms with van der Waals surface area (Å²) in [5, 5.41) is 0. The van der Waals surface area contributed by atoms with Crippen LogP contribution >= 0.6 is 0 Å². The topological polar surface area (TPSA) is 3.24 Å². The Morgan fingerprint density at radius 3 is 3.08 bits per heavy atom. The molecule has 0 spiro atoms. The first-order chi connectivity index (χ1) is 6.25. The Labute approximate surface area is 80.1 Å². The highest BCUT2D eigenvalue weighted by molar-refractivity contribution is 5.43. The highest BCUT2D eigenvalue weighted by Crippen LogP contribution is 2.54. The van der Waals surface area contributed by atoms with Crippen molar-refractivity contribution in [1.82, 2.24) is 4.90 Å². The summed E-state index contributed by atoms with van der Waals surface area (Å²) in [6.07, 6.45) is 5.24. The third-order valence-electron chi connectivity index (χ3n) is 3.84. The summed E-state index contributed by atoms with van der Waals surface area (Å²) >= 11 is 0. The molecule has 1 heterocycles. The molecule has 2 aliphatic carbocycles. The number of nitrogens with zero attached hydrogens (tertiary/aromatic N) is 1. The summed E-state index contributed by atoms with van der Waals surface area (Å²) < 4.78 is 0. The Morgan fingerprint density at radius 1 is 1.38 bits per heavy atom. The molecular weight excluding hydrogens is 158 g/mol. The molecule has 1 fully saturated rings. The summed E-state index contributed by atoms with van der Waals surface area (Å²) in [6, 6.07) is 0. The first-order valence-electron chi connectivity index (χ1n) is 5.34. The summed E-state index contributed by atoms with van der Waals surface area (Å²) in [6.45, 7) is 4.77. The summed E-state index contributed by atoms with van der Waals surface area (Å²) in [5.41, 5.74) is 5.08. The van der Waals surface area contributed by atoms with E-state index in [1.165, 1.54) is 25.9 Å². The van der Waals surface area contributed by atoms with E-state index in [0.717, 1.165) is 11.8 Å². The van der Waals surface area contributed by atoms with Crippen molar-refractivity contribution in [2.75, 3.05) is 20.1 Å². The van der Waals surface area contributed by atoms with E-state index in [4.69, 9.17) is 0 Å². The average molecular weight is 175 g/mol. The zero-order valence-corrected chi connectivity index (χ0v) is 8.51. The Kier molecular flexibility index (Phi) is 1.49. The Hall–Kier alpha value is -0.560. The fraction of sp³-hybridized carbons (Fsp3) is 0.667. The van der Waals surface area contributed by atoms with Crippen LogP contribution in [-0.2, 0) is 0 Å². The van der Waals surface area contributed by atoms with E-state index in [1.54, 1.807) is 16.7 Å². The van der Waals surface area contributed by atoms with E-state index in [0.29, 0.717) is 0 Å². The fourth-order valence-electron chi connectivity index (χ4n) is 2.97. The smallest absolute Gasteiger partial charge is 0.0230 e. The summed E-state index contributed by atoms with van der Waals surface area (Å²) in [4.78, 5) is 2.44. The lowest BCUT2D eigenvalue weighted by Crippen LogP contribution is -2.29. The second-order valence-corrected chi connectivity index (χ2v) is 4.88. The largest absolute Gasteiger partial charge is 0.302 e. The molecule has 70 valence electrons. The van der Waals surface area contributed by atoms with Crippen LogP contribution in [0, 0.1) is 11.8 Å². The third kappa shape index (κ3) is 1.10. The molecule has 1 heteroatoms. The number of hydrogen-bond donors (Lipinski definition) is 0. The maximum atomic E-state index is 2.46. The first kappa shape index (κ1) is 7.81. The Morgan fingerprint density at radius 2 is 2.23 bits per heavy atom. The molecule has 0 aromatic rings. The number of likely N-dealkylation sites (N-methyl/N-ethyl adjacent to an activating group) is 1. The van der Waals surface area contributed by atoms with Crippen LogP contribution in [0.3, 0.4) is 0 Å². The predicted molar refractivity (Wildman–Crippen MR) is 54.5 cm³/mol. The molecule has 0 bridgehead atoms. The standard InChI is InChI=1S/C12H17N/c1-8-5-9-7-13(2)4-3-10(9)12-6-11(8)12/h5,11-12H,3-4,6-7H2,1-2H3. The van der Waals surface area contributed by atoms with Crippen molar-refractivity contribution in [2.45, 2.75) is 19.8 Å². The molecule has 2 unspecified atom stereocenters. The maximum absolute atomic E-state index is 2.46. The molecule has 0 saturated heterocycles. The highest BCUT2D eigenvalue weighted by atomic mass is 15.1. The SMILES string of the molecule is CC1=CC2=C(CCN(C)C2)C2CC12. The molecule has 0 amide bonds. The van der Waals surface area contributed by atoms with Gasteiger partial charge in [-0.3, -0.25) is 0 Å². The van der Waals surface area contributed by atoms with Crippen LogP contribution in [0.4, 0.5) is 0 Å². The van der Waals surface area contributed by atoms with Gasteiger partial charge in [0.2, 0.25) is 0 Å². The van der Waals surface area contributed by atoms with E-state index in [-0.39, 0.29) is 0 Å². The molecule has 2 atom stereocenters. The number of fused-ring (bicyclic) bond motifs is 2. The molecule has 3 rings (SSSR count). The van der Waals surface area contributed by atoms with Gasteiger partial charge >= 0.3 is 0 Å². The minimum Gasteiger partial charge on any atom is -0.302 e. The van der Waals surface area contributed by atoms with E-state index >= 15 is 0 Å². The number of hydrogen-bond acceptors (Lipinski definition) is 1. The average Bonchev–Trinajstić information content (AvgIpc) is 2.83. The minimum absolute atomic E-state index is 0.946. The van der Waals surface area contributed by atoms with Crippen LogP contribution in [0.25, 0.3) is 0 Å². The molecule has 0 aromatic carbocycles. The predicted octanol–water partition coefficient (Wildman–Crippen LogP) is 2.21. The Bertz CT molecular complexity index is 311. The first-order valence-corrected chi connectivity index (χ1v) is 5.34. The van der Waals surface area contributed by atoms with Crippen LogP contribution in [0.5, 0.6) is 0 Å². The van der Waals surface area contributed by atoms with Gasteiger partial charge in [-0.15, -0.1) is 0 Å². The van der Waals surface area contributed by atoms with E-state index in [9.17, 15) is 0 Å². The summed E-state index contributed by atoms with van der Waals surface area (Å²) in [5.74, 6) is 1.91. The lowest BCUT2D eigenvalue weighted by molar-refractivity contribution is 0.345. The molecule has 13 heavy (non-hydrogen) atoms. The van der Waals surface area contributed by atoms with Gasteiger partial charge in [-0.1, -0.05) is 17.2 Å². The van der Waals surface area contributed by atoms with Crippen molar-refractivity contribution in [1.29, 1.82) is 0 Å². The van der Waals surface area contributed by atoms with Gasteiger partial charge in [0, 0.05) is 13.1 Å². The zero-order valence-electron chi connectivity index (χ0n) is 8.51. The zero-order chi connectivity index (χ0) is 9.00. The number of rotatable bonds is 0. The molecule has 0 radical (unpaired) electrons. The molecule has 0 aromatic heterocycles. The van der Waals surface area contributed by atoms with Gasteiger partial charge in [-0.2, -0.15) is 0 Å². The lowest BCUT2D eigenvalue weighted by Gasteiger charge is -2.29. The van der Waals surface area contributed by atoms with E-state index in [2.05, 4.69) is 24.9 Å². The van der Waals surface area contributed by atoms with Gasteiger partial charge in [0.05, 0.1) is 0 Å². The maximum Gasteiger partial charge on any atom is 0.0230 e. The van der Waals surface area contributed by atoms with Gasteiger partial charge in [0.15, 0.2) is 0 Å². The van der Waals surface area contributed by atoms with Crippen LogP contribution < -0.4 is 0 Å². The van der Waals surface area contributed by atoms with E-state index < -0.39 is 0 Å². The van der Waals surface area contributed by atoms with Gasteiger partial charge < -0.3 is 4.90 Å². The molecular formula is C12H17N. The van der Waals surface area contributed by atoms with Crippen LogP contribution in [0.15, 0.2) is 22.8 Å². The monoisotopic (exact) mass is 175 g/mol.